The zero-order valence-corrected chi connectivity index (χ0v) is 25.1. The number of aliphatic imine (C=N–C) groups is 2. The van der Waals surface area contributed by atoms with Gasteiger partial charge < -0.3 is 25.6 Å². The smallest absolute Gasteiger partial charge is 0.314 e. The lowest BCUT2D eigenvalue weighted by atomic mass is 9.96. The molecular formula is C29H38Cl2N8O2. The number of piperidine rings is 1. The van der Waals surface area contributed by atoms with E-state index in [9.17, 15) is 4.79 Å². The average molecular weight is 602 g/mol. The van der Waals surface area contributed by atoms with Gasteiger partial charge in [-0.2, -0.15) is 0 Å². The van der Waals surface area contributed by atoms with Crippen molar-refractivity contribution >= 4 is 41.9 Å². The van der Waals surface area contributed by atoms with Crippen molar-refractivity contribution in [2.24, 2.45) is 15.9 Å². The molecule has 2 saturated heterocycles. The number of amides is 2. The fourth-order valence-electron chi connectivity index (χ4n) is 4.91. The average Bonchev–Trinajstić information content (AvgIpc) is 2.97. The van der Waals surface area contributed by atoms with Crippen LogP contribution in [0.25, 0.3) is 11.3 Å². The van der Waals surface area contributed by atoms with E-state index in [0.29, 0.717) is 40.1 Å². The first kappa shape index (κ1) is 30.8. The molecule has 0 atom stereocenters. The third-order valence-electron chi connectivity index (χ3n) is 7.08. The molecule has 1 aromatic heterocycles. The number of likely N-dealkylation sites (tertiary alicyclic amines) is 1. The van der Waals surface area contributed by atoms with Crippen LogP contribution in [0.15, 0.2) is 52.3 Å². The molecule has 0 bridgehead atoms. The van der Waals surface area contributed by atoms with Crippen LogP contribution in [0.1, 0.15) is 25.3 Å². The lowest BCUT2D eigenvalue weighted by molar-refractivity contribution is 0.175. The van der Waals surface area contributed by atoms with E-state index in [0.717, 1.165) is 75.5 Å². The third-order valence-corrected chi connectivity index (χ3v) is 7.52. The Kier molecular flexibility index (Phi) is 11.4. The quantitative estimate of drug-likeness (QED) is 0.235. The summed E-state index contributed by atoms with van der Waals surface area (Å²) < 4.78 is 6.15. The number of piperazine rings is 1. The zero-order valence-electron chi connectivity index (χ0n) is 23.6. The maximum Gasteiger partial charge on any atom is 0.314 e. The van der Waals surface area contributed by atoms with Crippen LogP contribution in [-0.4, -0.2) is 86.4 Å². The normalized spacial score (nSPS) is 17.3. The first-order valence-corrected chi connectivity index (χ1v) is 14.6. The zero-order chi connectivity index (χ0) is 29.2. The summed E-state index contributed by atoms with van der Waals surface area (Å²) >= 11 is 12.6. The highest BCUT2D eigenvalue weighted by Gasteiger charge is 2.21. The summed E-state index contributed by atoms with van der Waals surface area (Å²) in [5.74, 6) is 2.07. The van der Waals surface area contributed by atoms with Crippen molar-refractivity contribution in [2.75, 3.05) is 52.9 Å². The molecule has 4 rings (SSSR count). The summed E-state index contributed by atoms with van der Waals surface area (Å²) in [5.41, 5.74) is 2.59. The van der Waals surface area contributed by atoms with E-state index in [2.05, 4.69) is 48.5 Å². The molecule has 0 spiro atoms. The molecule has 1 aromatic carbocycles. The second kappa shape index (κ2) is 15.2. The topological polar surface area (TPSA) is 106 Å². The number of urea groups is 1. The van der Waals surface area contributed by atoms with Crippen molar-refractivity contribution in [3.8, 4) is 17.1 Å². The highest BCUT2D eigenvalue weighted by molar-refractivity contribution is 6.35. The molecule has 41 heavy (non-hydrogen) atoms. The first-order chi connectivity index (χ1) is 19.8. The summed E-state index contributed by atoms with van der Waals surface area (Å²) in [6.45, 7) is 12.2. The lowest BCUT2D eigenvalue weighted by Gasteiger charge is -2.32. The number of nitrogens with one attached hydrogen (secondary N) is 3. The number of benzene rings is 1. The van der Waals surface area contributed by atoms with Crippen molar-refractivity contribution in [1.82, 2.24) is 30.7 Å². The molecule has 3 heterocycles. The van der Waals surface area contributed by atoms with E-state index < -0.39 is 0 Å². The molecule has 10 nitrogen and oxygen atoms in total. The predicted molar refractivity (Wildman–Crippen MR) is 166 cm³/mol. The van der Waals surface area contributed by atoms with E-state index in [1.165, 1.54) is 0 Å². The largest absolute Gasteiger partial charge is 0.442 e. The van der Waals surface area contributed by atoms with Crippen LogP contribution in [0, 0.1) is 5.92 Å². The molecule has 2 fully saturated rings. The van der Waals surface area contributed by atoms with Gasteiger partial charge in [0.2, 0.25) is 11.8 Å². The van der Waals surface area contributed by atoms with Crippen molar-refractivity contribution in [1.29, 1.82) is 0 Å². The molecular weight excluding hydrogens is 563 g/mol. The first-order valence-electron chi connectivity index (χ1n) is 13.8. The maximum atomic E-state index is 11.5. The molecule has 2 aromatic rings. The van der Waals surface area contributed by atoms with Gasteiger partial charge in [-0.05, 0) is 75.3 Å². The van der Waals surface area contributed by atoms with Gasteiger partial charge in [-0.1, -0.05) is 23.2 Å². The summed E-state index contributed by atoms with van der Waals surface area (Å²) in [4.78, 5) is 29.4. The fourth-order valence-corrected chi connectivity index (χ4v) is 5.44. The molecule has 0 radical (unpaired) electrons. The summed E-state index contributed by atoms with van der Waals surface area (Å²) in [6.07, 6.45) is 3.68. The highest BCUT2D eigenvalue weighted by atomic mass is 35.5. The van der Waals surface area contributed by atoms with Crippen molar-refractivity contribution < 1.29 is 9.53 Å². The second-order valence-electron chi connectivity index (χ2n) is 10.2. The number of halogens is 2. The number of guanidine groups is 1. The Morgan fingerprint density at radius 2 is 1.85 bits per heavy atom. The van der Waals surface area contributed by atoms with E-state index in [4.69, 9.17) is 32.9 Å². The minimum atomic E-state index is -0.138. The van der Waals surface area contributed by atoms with Gasteiger partial charge in [0.05, 0.1) is 11.9 Å². The van der Waals surface area contributed by atoms with Gasteiger partial charge in [0.1, 0.15) is 5.76 Å². The Morgan fingerprint density at radius 3 is 2.51 bits per heavy atom. The number of pyridine rings is 1. The Labute approximate surface area is 251 Å². The molecule has 3 N–H and O–H groups in total. The number of hydrogen-bond donors (Lipinski definition) is 3. The van der Waals surface area contributed by atoms with E-state index in [1.54, 1.807) is 19.3 Å². The Bertz CT molecular complexity index is 1250. The summed E-state index contributed by atoms with van der Waals surface area (Å²) in [7, 11) is 1.63. The Hall–Kier alpha value is -3.18. The molecule has 12 heteroatoms. The van der Waals surface area contributed by atoms with Gasteiger partial charge >= 0.3 is 6.03 Å². The van der Waals surface area contributed by atoms with Gasteiger partial charge in [0.15, 0.2) is 0 Å². The van der Waals surface area contributed by atoms with Crippen molar-refractivity contribution in [3.63, 3.8) is 0 Å². The molecule has 220 valence electrons. The van der Waals surface area contributed by atoms with Crippen molar-refractivity contribution in [3.05, 3.63) is 57.9 Å². The molecule has 2 aliphatic heterocycles. The maximum absolute atomic E-state index is 11.5. The number of carbonyl (C=O) groups is 1. The van der Waals surface area contributed by atoms with E-state index in [-0.39, 0.29) is 6.03 Å². The third kappa shape index (κ3) is 9.43. The van der Waals surface area contributed by atoms with Crippen LogP contribution in [0.3, 0.4) is 0 Å². The van der Waals surface area contributed by atoms with E-state index in [1.807, 2.05) is 25.1 Å². The van der Waals surface area contributed by atoms with Crippen LogP contribution >= 0.6 is 23.2 Å². The highest BCUT2D eigenvalue weighted by Crippen LogP contribution is 2.30. The number of rotatable bonds is 8. The van der Waals surface area contributed by atoms with Gasteiger partial charge in [-0.25, -0.2) is 19.8 Å². The monoisotopic (exact) mass is 600 g/mol. The van der Waals surface area contributed by atoms with Crippen LogP contribution in [0.2, 0.25) is 10.0 Å². The molecule has 0 aliphatic carbocycles. The van der Waals surface area contributed by atoms with Crippen molar-refractivity contribution in [2.45, 2.75) is 26.3 Å². The molecule has 2 amide bonds. The van der Waals surface area contributed by atoms with Gasteiger partial charge in [0, 0.05) is 68.0 Å². The number of hydrogen-bond acceptors (Lipinski definition) is 6. The second-order valence-corrected chi connectivity index (χ2v) is 11.1. The number of aromatic nitrogens is 1. The fraction of sp³-hybridized carbons (Fsp3) is 0.448. The molecule has 0 saturated carbocycles. The summed E-state index contributed by atoms with van der Waals surface area (Å²) in [5, 5.41) is 9.93. The Balaban J connectivity index is 1.51. The SMILES string of the molecule is C=NC(=N/C=C(\C)Oc1cc(CN2CCC(CNC(=O)NC)CC2)cc(-c2cc(Cl)cc(Cl)c2)n1)N1CCNCC1. The van der Waals surface area contributed by atoms with Crippen LogP contribution in [0.5, 0.6) is 5.88 Å². The summed E-state index contributed by atoms with van der Waals surface area (Å²) in [6, 6.07) is 9.26. The van der Waals surface area contributed by atoms with Crippen LogP contribution < -0.4 is 20.7 Å². The van der Waals surface area contributed by atoms with Crippen LogP contribution in [-0.2, 0) is 6.54 Å². The number of nitrogens with zero attached hydrogens (tertiary/aromatic N) is 5. The standard InChI is InChI=1S/C29H38Cl2N8O2/c1-20(17-35-28(32-2)39-10-6-34-7-11-39)41-27-13-22(12-26(37-27)23-14-24(30)16-25(31)15-23)19-38-8-4-21(5-9-38)18-36-29(40)33-3/h12-17,21,34H,2,4-11,18-19H2,1,3H3,(H2,33,36,40)/b20-17+,35-28?. The molecule has 2 aliphatic rings. The van der Waals surface area contributed by atoms with Gasteiger partial charge in [-0.15, -0.1) is 0 Å². The van der Waals surface area contributed by atoms with Gasteiger partial charge in [-0.3, -0.25) is 4.90 Å². The Morgan fingerprint density at radius 1 is 1.15 bits per heavy atom. The number of allylic oxidation sites excluding steroid dienone is 1. The number of ether oxygens (including phenoxy) is 1. The minimum Gasteiger partial charge on any atom is -0.442 e. The predicted octanol–water partition coefficient (Wildman–Crippen LogP) is 4.40. The van der Waals surface area contributed by atoms with Crippen LogP contribution in [0.4, 0.5) is 4.79 Å². The number of carbonyl (C=O) groups excluding carboxylic acids is 1. The van der Waals surface area contributed by atoms with E-state index >= 15 is 0 Å². The minimum absolute atomic E-state index is 0.138. The van der Waals surface area contributed by atoms with Gasteiger partial charge in [0.25, 0.3) is 0 Å². The lowest BCUT2D eigenvalue weighted by Crippen LogP contribution is -2.45. The molecule has 0 unspecified atom stereocenters.